The van der Waals surface area contributed by atoms with Gasteiger partial charge in [0.25, 0.3) is 0 Å². The molecule has 84 valence electrons. The molecular weight excluding hydrogens is 170 g/mol. The van der Waals surface area contributed by atoms with Crippen molar-refractivity contribution in [1.29, 1.82) is 0 Å². The molecule has 2 rings (SSSR count). The van der Waals surface area contributed by atoms with Gasteiger partial charge in [0.2, 0.25) is 0 Å². The van der Waals surface area contributed by atoms with Crippen LogP contribution in [-0.4, -0.2) is 13.1 Å². The Morgan fingerprint density at radius 2 is 1.50 bits per heavy atom. The van der Waals surface area contributed by atoms with Crippen LogP contribution < -0.4 is 5.32 Å². The molecule has 1 N–H and O–H groups in total. The van der Waals surface area contributed by atoms with E-state index in [1.165, 1.54) is 51.6 Å². The lowest BCUT2D eigenvalue weighted by Gasteiger charge is -2.32. The second kappa shape index (κ2) is 8.05. The average molecular weight is 197 g/mol. The number of hydrogen-bond acceptors (Lipinski definition) is 1. The summed E-state index contributed by atoms with van der Waals surface area (Å²) in [5.74, 6) is 0. The van der Waals surface area contributed by atoms with Gasteiger partial charge in [-0.25, -0.2) is 0 Å². The summed E-state index contributed by atoms with van der Waals surface area (Å²) in [5, 5.41) is 3.48. The topological polar surface area (TPSA) is 12.0 Å². The lowest BCUT2D eigenvalue weighted by Crippen LogP contribution is -2.26. The molecule has 1 spiro atoms. The van der Waals surface area contributed by atoms with E-state index in [9.17, 15) is 0 Å². The predicted molar refractivity (Wildman–Crippen MR) is 65.6 cm³/mol. The van der Waals surface area contributed by atoms with E-state index in [0.29, 0.717) is 0 Å². The van der Waals surface area contributed by atoms with Crippen LogP contribution in [0.2, 0.25) is 0 Å². The summed E-state index contributed by atoms with van der Waals surface area (Å²) in [5.41, 5.74) is 0.762. The second-order valence-electron chi connectivity index (χ2n) is 3.99. The van der Waals surface area contributed by atoms with Crippen LogP contribution in [0.3, 0.4) is 0 Å². The Kier molecular flexibility index (Phi) is 7.87. The Labute approximate surface area is 90.0 Å². The maximum Gasteiger partial charge on any atom is 0.000829 e. The summed E-state index contributed by atoms with van der Waals surface area (Å²) in [6, 6.07) is 0. The molecule has 1 heterocycles. The van der Waals surface area contributed by atoms with Gasteiger partial charge in [0, 0.05) is 6.54 Å². The quantitative estimate of drug-likeness (QED) is 0.583. The minimum Gasteiger partial charge on any atom is -0.316 e. The molecule has 14 heavy (non-hydrogen) atoms. The summed E-state index contributed by atoms with van der Waals surface area (Å²) >= 11 is 0. The first-order valence-corrected chi connectivity index (χ1v) is 6.12. The van der Waals surface area contributed by atoms with E-state index in [2.05, 4.69) is 18.5 Å². The van der Waals surface area contributed by atoms with Gasteiger partial charge in [-0.2, -0.15) is 0 Å². The minimum absolute atomic E-state index is 0.762. The Hall–Kier alpha value is -0.300. The van der Waals surface area contributed by atoms with Crippen molar-refractivity contribution in [2.45, 2.75) is 52.4 Å². The van der Waals surface area contributed by atoms with Crippen molar-refractivity contribution < 1.29 is 0 Å². The smallest absolute Gasteiger partial charge is 0.000829 e. The zero-order valence-corrected chi connectivity index (χ0v) is 10.1. The largest absolute Gasteiger partial charge is 0.316 e. The maximum absolute atomic E-state index is 3.48. The zero-order valence-electron chi connectivity index (χ0n) is 10.1. The average Bonchev–Trinajstić information content (AvgIpc) is 2.73. The molecule has 0 atom stereocenters. The Morgan fingerprint density at radius 3 is 1.93 bits per heavy atom. The van der Waals surface area contributed by atoms with Crippen LogP contribution >= 0.6 is 0 Å². The molecule has 2 aliphatic rings. The van der Waals surface area contributed by atoms with Crippen molar-refractivity contribution in [2.75, 3.05) is 13.1 Å². The minimum atomic E-state index is 0.762. The molecule has 0 unspecified atom stereocenters. The Bertz CT molecular complexity index is 117. The lowest BCUT2D eigenvalue weighted by atomic mass is 9.74. The van der Waals surface area contributed by atoms with Crippen LogP contribution in [0, 0.1) is 5.41 Å². The molecule has 0 radical (unpaired) electrons. The van der Waals surface area contributed by atoms with Crippen LogP contribution in [0.15, 0.2) is 13.2 Å². The van der Waals surface area contributed by atoms with Crippen LogP contribution in [0.5, 0.6) is 0 Å². The molecule has 0 amide bonds. The third-order valence-corrected chi connectivity index (χ3v) is 3.25. The number of nitrogens with one attached hydrogen (secondary N) is 1. The van der Waals surface area contributed by atoms with Crippen molar-refractivity contribution in [1.82, 2.24) is 5.32 Å². The normalized spacial score (nSPS) is 23.0. The third kappa shape index (κ3) is 3.83. The fourth-order valence-corrected chi connectivity index (χ4v) is 2.52. The monoisotopic (exact) mass is 197 g/mol. The third-order valence-electron chi connectivity index (χ3n) is 3.25. The first-order valence-electron chi connectivity index (χ1n) is 6.12. The zero-order chi connectivity index (χ0) is 10.9. The predicted octanol–water partition coefficient (Wildman–Crippen LogP) is 3.76. The Morgan fingerprint density at radius 1 is 0.929 bits per heavy atom. The highest BCUT2D eigenvalue weighted by Gasteiger charge is 2.34. The van der Waals surface area contributed by atoms with Crippen LogP contribution in [0.1, 0.15) is 52.4 Å². The van der Waals surface area contributed by atoms with E-state index >= 15 is 0 Å². The van der Waals surface area contributed by atoms with Gasteiger partial charge in [0.1, 0.15) is 0 Å². The van der Waals surface area contributed by atoms with Gasteiger partial charge < -0.3 is 5.32 Å². The van der Waals surface area contributed by atoms with Crippen molar-refractivity contribution >= 4 is 0 Å². The van der Waals surface area contributed by atoms with Crippen molar-refractivity contribution in [3.63, 3.8) is 0 Å². The first kappa shape index (κ1) is 13.7. The molecule has 1 aliphatic carbocycles. The molecule has 0 aromatic heterocycles. The van der Waals surface area contributed by atoms with E-state index in [1.54, 1.807) is 0 Å². The van der Waals surface area contributed by atoms with Crippen molar-refractivity contribution in [3.8, 4) is 0 Å². The highest BCUT2D eigenvalue weighted by molar-refractivity contribution is 4.89. The van der Waals surface area contributed by atoms with E-state index in [0.717, 1.165) is 5.41 Å². The molecule has 1 saturated heterocycles. The van der Waals surface area contributed by atoms with E-state index in [4.69, 9.17) is 0 Å². The molecule has 1 aliphatic heterocycles. The molecule has 0 aromatic carbocycles. The van der Waals surface area contributed by atoms with Gasteiger partial charge >= 0.3 is 0 Å². The molecule has 1 nitrogen and oxygen atoms in total. The van der Waals surface area contributed by atoms with Gasteiger partial charge in [-0.1, -0.05) is 33.1 Å². The SMILES string of the molecule is C1CCC2(CC1)CCNC2.C=C.CC. The van der Waals surface area contributed by atoms with Gasteiger partial charge in [-0.15, -0.1) is 13.2 Å². The summed E-state index contributed by atoms with van der Waals surface area (Å²) in [6.45, 7) is 12.6. The molecule has 2 fully saturated rings. The first-order chi connectivity index (χ1) is 6.91. The number of rotatable bonds is 0. The van der Waals surface area contributed by atoms with Crippen LogP contribution in [-0.2, 0) is 0 Å². The molecule has 1 saturated carbocycles. The summed E-state index contributed by atoms with van der Waals surface area (Å²) in [7, 11) is 0. The van der Waals surface area contributed by atoms with Gasteiger partial charge in [-0.05, 0) is 31.2 Å². The van der Waals surface area contributed by atoms with E-state index in [1.807, 2.05) is 13.8 Å². The summed E-state index contributed by atoms with van der Waals surface area (Å²) in [6.07, 6.45) is 8.91. The van der Waals surface area contributed by atoms with Crippen molar-refractivity contribution in [2.24, 2.45) is 5.41 Å². The van der Waals surface area contributed by atoms with E-state index < -0.39 is 0 Å². The van der Waals surface area contributed by atoms with Gasteiger partial charge in [0.15, 0.2) is 0 Å². The molecule has 1 heteroatoms. The summed E-state index contributed by atoms with van der Waals surface area (Å²) in [4.78, 5) is 0. The maximum atomic E-state index is 3.48. The highest BCUT2D eigenvalue weighted by atomic mass is 14.9. The van der Waals surface area contributed by atoms with Gasteiger partial charge in [-0.3, -0.25) is 0 Å². The van der Waals surface area contributed by atoms with Crippen LogP contribution in [0.25, 0.3) is 0 Å². The van der Waals surface area contributed by atoms with Gasteiger partial charge in [0.05, 0.1) is 0 Å². The summed E-state index contributed by atoms with van der Waals surface area (Å²) < 4.78 is 0. The van der Waals surface area contributed by atoms with Crippen molar-refractivity contribution in [3.05, 3.63) is 13.2 Å². The lowest BCUT2D eigenvalue weighted by molar-refractivity contribution is 0.216. The molecular formula is C13H27N. The second-order valence-corrected chi connectivity index (χ2v) is 3.99. The Balaban J connectivity index is 0.000000379. The highest BCUT2D eigenvalue weighted by Crippen LogP contribution is 2.40. The van der Waals surface area contributed by atoms with E-state index in [-0.39, 0.29) is 0 Å². The molecule has 0 bridgehead atoms. The standard InChI is InChI=1S/C9H17N.C2H6.C2H4/c1-2-4-9(5-3-1)6-7-10-8-9;2*1-2/h10H,1-8H2;1-2H3;1-2H2. The van der Waals surface area contributed by atoms with Crippen LogP contribution in [0.4, 0.5) is 0 Å². The number of hydrogen-bond donors (Lipinski definition) is 1. The molecule has 0 aromatic rings. The fourth-order valence-electron chi connectivity index (χ4n) is 2.52. The fraction of sp³-hybridized carbons (Fsp3) is 0.846.